The minimum absolute atomic E-state index is 0.108. The van der Waals surface area contributed by atoms with Crippen LogP contribution in [0, 0.1) is 5.82 Å². The van der Waals surface area contributed by atoms with E-state index in [1.807, 2.05) is 0 Å². The van der Waals surface area contributed by atoms with Gasteiger partial charge in [0.2, 0.25) is 0 Å². The highest BCUT2D eigenvalue weighted by Gasteiger charge is 2.18. The van der Waals surface area contributed by atoms with Crippen LogP contribution in [0.25, 0.3) is 0 Å². The van der Waals surface area contributed by atoms with Crippen molar-refractivity contribution in [3.8, 4) is 5.75 Å². The van der Waals surface area contributed by atoms with Crippen LogP contribution in [-0.4, -0.2) is 18.0 Å². The standard InChI is InChI=1S/C13H9BrClFN2O2/c1-20-10-4-2-3-8(16)11(10)13(19)18-9-5-7(14)6-17-12(9)15/h2-6H,1H3,(H,18,19). The number of hydrogen-bond acceptors (Lipinski definition) is 3. The maximum Gasteiger partial charge on any atom is 0.262 e. The molecule has 7 heteroatoms. The van der Waals surface area contributed by atoms with Gasteiger partial charge < -0.3 is 10.1 Å². The van der Waals surface area contributed by atoms with Crippen molar-refractivity contribution in [3.05, 3.63) is 51.5 Å². The lowest BCUT2D eigenvalue weighted by molar-refractivity contribution is 0.102. The van der Waals surface area contributed by atoms with Crippen LogP contribution in [0.5, 0.6) is 5.75 Å². The van der Waals surface area contributed by atoms with Gasteiger partial charge in [-0.3, -0.25) is 4.79 Å². The minimum Gasteiger partial charge on any atom is -0.496 e. The Balaban J connectivity index is 2.36. The molecule has 1 heterocycles. The molecule has 4 nitrogen and oxygen atoms in total. The largest absolute Gasteiger partial charge is 0.496 e. The molecule has 1 aromatic carbocycles. The number of carbonyl (C=O) groups excluding carboxylic acids is 1. The zero-order valence-corrected chi connectivity index (χ0v) is 12.6. The maximum absolute atomic E-state index is 13.8. The molecule has 2 rings (SSSR count). The van der Waals surface area contributed by atoms with Crippen molar-refractivity contribution < 1.29 is 13.9 Å². The molecule has 20 heavy (non-hydrogen) atoms. The van der Waals surface area contributed by atoms with E-state index in [9.17, 15) is 9.18 Å². The summed E-state index contributed by atoms with van der Waals surface area (Å²) in [6.07, 6.45) is 1.49. The predicted octanol–water partition coefficient (Wildman–Crippen LogP) is 3.90. The zero-order valence-electron chi connectivity index (χ0n) is 10.3. The first-order valence-electron chi connectivity index (χ1n) is 5.48. The summed E-state index contributed by atoms with van der Waals surface area (Å²) in [6.45, 7) is 0. The van der Waals surface area contributed by atoms with Crippen molar-refractivity contribution in [1.29, 1.82) is 0 Å². The predicted molar refractivity (Wildman–Crippen MR) is 77.9 cm³/mol. The molecule has 0 atom stereocenters. The lowest BCUT2D eigenvalue weighted by Gasteiger charge is -2.11. The van der Waals surface area contributed by atoms with Crippen LogP contribution in [0.2, 0.25) is 5.15 Å². The normalized spacial score (nSPS) is 10.2. The third-order valence-corrected chi connectivity index (χ3v) is 3.21. The average Bonchev–Trinajstić information content (AvgIpc) is 2.42. The number of rotatable bonds is 3. The lowest BCUT2D eigenvalue weighted by atomic mass is 10.1. The molecule has 0 spiro atoms. The van der Waals surface area contributed by atoms with E-state index >= 15 is 0 Å². The Hall–Kier alpha value is -1.66. The van der Waals surface area contributed by atoms with Crippen molar-refractivity contribution in [2.75, 3.05) is 12.4 Å². The van der Waals surface area contributed by atoms with Crippen LogP contribution in [0.3, 0.4) is 0 Å². The topological polar surface area (TPSA) is 51.2 Å². The smallest absolute Gasteiger partial charge is 0.262 e. The summed E-state index contributed by atoms with van der Waals surface area (Å²) in [5.74, 6) is -1.20. The molecule has 1 aromatic heterocycles. The van der Waals surface area contributed by atoms with Gasteiger partial charge in [-0.05, 0) is 34.1 Å². The van der Waals surface area contributed by atoms with Crippen molar-refractivity contribution >= 4 is 39.1 Å². The Kier molecular flexibility index (Phi) is 4.57. The molecule has 0 saturated carbocycles. The van der Waals surface area contributed by atoms with Crippen molar-refractivity contribution in [3.63, 3.8) is 0 Å². The van der Waals surface area contributed by atoms with Crippen LogP contribution >= 0.6 is 27.5 Å². The van der Waals surface area contributed by atoms with Crippen LogP contribution in [0.1, 0.15) is 10.4 Å². The first-order chi connectivity index (χ1) is 9.52. The number of aromatic nitrogens is 1. The quantitative estimate of drug-likeness (QED) is 0.846. The molecule has 0 fully saturated rings. The number of ether oxygens (including phenoxy) is 1. The van der Waals surface area contributed by atoms with Gasteiger partial charge >= 0.3 is 0 Å². The van der Waals surface area contributed by atoms with Gasteiger partial charge in [0.05, 0.1) is 12.8 Å². The highest BCUT2D eigenvalue weighted by atomic mass is 79.9. The van der Waals surface area contributed by atoms with Crippen molar-refractivity contribution in [1.82, 2.24) is 4.98 Å². The van der Waals surface area contributed by atoms with Gasteiger partial charge in [0.1, 0.15) is 17.1 Å². The number of amides is 1. The van der Waals surface area contributed by atoms with E-state index in [0.29, 0.717) is 4.47 Å². The second-order valence-corrected chi connectivity index (χ2v) is 5.04. The fourth-order valence-corrected chi connectivity index (χ4v) is 2.07. The first kappa shape index (κ1) is 14.7. The number of nitrogens with one attached hydrogen (secondary N) is 1. The number of halogens is 3. The Morgan fingerprint density at radius 2 is 2.25 bits per heavy atom. The van der Waals surface area contributed by atoms with Crippen LogP contribution in [0.15, 0.2) is 34.9 Å². The number of hydrogen-bond donors (Lipinski definition) is 1. The summed E-state index contributed by atoms with van der Waals surface area (Å²) in [7, 11) is 1.36. The highest BCUT2D eigenvalue weighted by molar-refractivity contribution is 9.10. The Morgan fingerprint density at radius 3 is 2.95 bits per heavy atom. The van der Waals surface area contributed by atoms with Gasteiger partial charge in [0.15, 0.2) is 5.15 Å². The Morgan fingerprint density at radius 1 is 1.50 bits per heavy atom. The Bertz CT molecular complexity index is 667. The number of carbonyl (C=O) groups is 1. The summed E-state index contributed by atoms with van der Waals surface area (Å²) in [5.41, 5.74) is 0.0855. The molecule has 0 unspecified atom stereocenters. The molecule has 0 radical (unpaired) electrons. The van der Waals surface area contributed by atoms with E-state index in [1.54, 1.807) is 6.07 Å². The molecule has 0 bridgehead atoms. The van der Waals surface area contributed by atoms with Crippen LogP contribution < -0.4 is 10.1 Å². The van der Waals surface area contributed by atoms with E-state index in [1.165, 1.54) is 31.5 Å². The zero-order chi connectivity index (χ0) is 14.7. The van der Waals surface area contributed by atoms with Crippen LogP contribution in [-0.2, 0) is 0 Å². The summed E-state index contributed by atoms with van der Waals surface area (Å²) < 4.78 is 19.4. The van der Waals surface area contributed by atoms with E-state index < -0.39 is 11.7 Å². The Labute approximate surface area is 128 Å². The SMILES string of the molecule is COc1cccc(F)c1C(=O)Nc1cc(Br)cnc1Cl. The molecular weight excluding hydrogens is 351 g/mol. The maximum atomic E-state index is 13.8. The summed E-state index contributed by atoms with van der Waals surface area (Å²) in [5, 5.41) is 2.61. The molecule has 0 aliphatic carbocycles. The monoisotopic (exact) mass is 358 g/mol. The molecule has 0 saturated heterocycles. The third kappa shape index (κ3) is 3.08. The third-order valence-electron chi connectivity index (χ3n) is 2.48. The molecule has 1 amide bonds. The van der Waals surface area contributed by atoms with E-state index in [2.05, 4.69) is 26.2 Å². The summed E-state index contributed by atoms with van der Waals surface area (Å²) >= 11 is 9.08. The molecule has 2 aromatic rings. The van der Waals surface area contributed by atoms with Gasteiger partial charge in [-0.25, -0.2) is 9.37 Å². The summed E-state index contributed by atoms with van der Waals surface area (Å²) in [6, 6.07) is 5.70. The van der Waals surface area contributed by atoms with Crippen molar-refractivity contribution in [2.24, 2.45) is 0 Å². The number of anilines is 1. The highest BCUT2D eigenvalue weighted by Crippen LogP contribution is 2.26. The fourth-order valence-electron chi connectivity index (χ4n) is 1.59. The van der Waals surface area contributed by atoms with Gasteiger partial charge in [0.25, 0.3) is 5.91 Å². The minimum atomic E-state index is -0.680. The lowest BCUT2D eigenvalue weighted by Crippen LogP contribution is -2.15. The second kappa shape index (κ2) is 6.19. The number of methoxy groups -OCH3 is 1. The van der Waals surface area contributed by atoms with E-state index in [0.717, 1.165) is 0 Å². The number of pyridine rings is 1. The average molecular weight is 360 g/mol. The molecule has 1 N–H and O–H groups in total. The molecule has 0 aliphatic heterocycles. The molecule has 104 valence electrons. The van der Waals surface area contributed by atoms with E-state index in [4.69, 9.17) is 16.3 Å². The van der Waals surface area contributed by atoms with Gasteiger partial charge in [0, 0.05) is 10.7 Å². The molecule has 0 aliphatic rings. The van der Waals surface area contributed by atoms with Crippen LogP contribution in [0.4, 0.5) is 10.1 Å². The fraction of sp³-hybridized carbons (Fsp3) is 0.0769. The van der Waals surface area contributed by atoms with E-state index in [-0.39, 0.29) is 22.2 Å². The van der Waals surface area contributed by atoms with Crippen molar-refractivity contribution in [2.45, 2.75) is 0 Å². The van der Waals surface area contributed by atoms with Gasteiger partial charge in [-0.15, -0.1) is 0 Å². The first-order valence-corrected chi connectivity index (χ1v) is 6.65. The number of nitrogens with zero attached hydrogens (tertiary/aromatic N) is 1. The number of benzene rings is 1. The van der Waals surface area contributed by atoms with Gasteiger partial charge in [-0.1, -0.05) is 17.7 Å². The second-order valence-electron chi connectivity index (χ2n) is 3.76. The summed E-state index contributed by atoms with van der Waals surface area (Å²) in [4.78, 5) is 16.0. The molecular formula is C13H9BrClFN2O2. The van der Waals surface area contributed by atoms with Gasteiger partial charge in [-0.2, -0.15) is 0 Å².